The molecule has 0 bridgehead atoms. The first kappa shape index (κ1) is 17.6. The third kappa shape index (κ3) is 5.12. The number of halogens is 2. The zero-order valence-electron chi connectivity index (χ0n) is 13.1. The van der Waals surface area contributed by atoms with Crippen LogP contribution in [0, 0.1) is 6.92 Å². The molecule has 23 heavy (non-hydrogen) atoms. The van der Waals surface area contributed by atoms with Gasteiger partial charge in [-0.15, -0.1) is 0 Å². The van der Waals surface area contributed by atoms with Gasteiger partial charge in [-0.05, 0) is 42.7 Å². The lowest BCUT2D eigenvalue weighted by Crippen LogP contribution is -2.26. The Kier molecular flexibility index (Phi) is 6.26. The standard InChI is InChI=1S/C19H19Cl2NO/c1-3-18(15-6-4-13(2)5-7-15)22-19(23)11-9-14-8-10-16(20)12-17(14)21/h4-12,18H,3H2,1-2H3,(H,22,23)/b11-9+/t18-/m0/s1. The maximum Gasteiger partial charge on any atom is 0.244 e. The number of hydrogen-bond donors (Lipinski definition) is 1. The fourth-order valence-electron chi connectivity index (χ4n) is 2.24. The Balaban J connectivity index is 2.05. The van der Waals surface area contributed by atoms with E-state index in [-0.39, 0.29) is 11.9 Å². The molecular weight excluding hydrogens is 329 g/mol. The van der Waals surface area contributed by atoms with Crippen LogP contribution in [0.1, 0.15) is 36.1 Å². The molecule has 0 unspecified atom stereocenters. The van der Waals surface area contributed by atoms with Gasteiger partial charge in [0, 0.05) is 16.1 Å². The largest absolute Gasteiger partial charge is 0.346 e. The lowest BCUT2D eigenvalue weighted by molar-refractivity contribution is -0.117. The molecule has 0 saturated carbocycles. The van der Waals surface area contributed by atoms with E-state index in [1.54, 1.807) is 24.3 Å². The summed E-state index contributed by atoms with van der Waals surface area (Å²) in [5.74, 6) is -0.150. The van der Waals surface area contributed by atoms with Crippen molar-refractivity contribution in [3.63, 3.8) is 0 Å². The summed E-state index contributed by atoms with van der Waals surface area (Å²) in [6, 6.07) is 13.4. The third-order valence-electron chi connectivity index (χ3n) is 3.58. The Labute approximate surface area is 147 Å². The van der Waals surface area contributed by atoms with E-state index in [1.807, 2.05) is 38.1 Å². The van der Waals surface area contributed by atoms with Crippen molar-refractivity contribution in [2.75, 3.05) is 0 Å². The molecule has 0 fully saturated rings. The highest BCUT2D eigenvalue weighted by Gasteiger charge is 2.10. The predicted octanol–water partition coefficient (Wildman–Crippen LogP) is 5.58. The van der Waals surface area contributed by atoms with Gasteiger partial charge in [0.25, 0.3) is 0 Å². The van der Waals surface area contributed by atoms with E-state index in [4.69, 9.17) is 23.2 Å². The summed E-state index contributed by atoms with van der Waals surface area (Å²) >= 11 is 11.9. The molecule has 2 aromatic carbocycles. The molecule has 4 heteroatoms. The van der Waals surface area contributed by atoms with Gasteiger partial charge in [-0.25, -0.2) is 0 Å². The number of amides is 1. The monoisotopic (exact) mass is 347 g/mol. The Hall–Kier alpha value is -1.77. The highest BCUT2D eigenvalue weighted by atomic mass is 35.5. The van der Waals surface area contributed by atoms with Crippen LogP contribution in [0.2, 0.25) is 10.0 Å². The van der Waals surface area contributed by atoms with E-state index in [1.165, 1.54) is 11.6 Å². The molecule has 1 N–H and O–H groups in total. The molecule has 1 amide bonds. The minimum atomic E-state index is -0.150. The number of nitrogens with one attached hydrogen (secondary N) is 1. The van der Waals surface area contributed by atoms with Gasteiger partial charge in [-0.1, -0.05) is 66.0 Å². The molecule has 0 aliphatic rings. The van der Waals surface area contributed by atoms with Gasteiger partial charge in [0.15, 0.2) is 0 Å². The van der Waals surface area contributed by atoms with Crippen LogP contribution in [-0.2, 0) is 4.79 Å². The number of carbonyl (C=O) groups excluding carboxylic acids is 1. The van der Waals surface area contributed by atoms with Crippen LogP contribution >= 0.6 is 23.2 Å². The summed E-state index contributed by atoms with van der Waals surface area (Å²) in [6.07, 6.45) is 4.01. The average Bonchev–Trinajstić information content (AvgIpc) is 2.52. The normalized spacial score (nSPS) is 12.3. The molecule has 0 aliphatic heterocycles. The van der Waals surface area contributed by atoms with Crippen LogP contribution in [0.5, 0.6) is 0 Å². The number of carbonyl (C=O) groups is 1. The first-order chi connectivity index (χ1) is 11.0. The van der Waals surface area contributed by atoms with Crippen LogP contribution in [0.25, 0.3) is 6.08 Å². The minimum absolute atomic E-state index is 0.00607. The highest BCUT2D eigenvalue weighted by Crippen LogP contribution is 2.22. The lowest BCUT2D eigenvalue weighted by atomic mass is 10.0. The van der Waals surface area contributed by atoms with E-state index in [0.29, 0.717) is 10.0 Å². The summed E-state index contributed by atoms with van der Waals surface area (Å²) in [4.78, 5) is 12.1. The van der Waals surface area contributed by atoms with Crippen molar-refractivity contribution in [1.29, 1.82) is 0 Å². The van der Waals surface area contributed by atoms with Gasteiger partial charge in [0.05, 0.1) is 6.04 Å². The van der Waals surface area contributed by atoms with Crippen molar-refractivity contribution < 1.29 is 4.79 Å². The maximum absolute atomic E-state index is 12.1. The third-order valence-corrected chi connectivity index (χ3v) is 4.14. The van der Waals surface area contributed by atoms with Crippen molar-refractivity contribution in [2.45, 2.75) is 26.3 Å². The van der Waals surface area contributed by atoms with E-state index in [9.17, 15) is 4.79 Å². The van der Waals surface area contributed by atoms with Crippen LogP contribution in [0.4, 0.5) is 0 Å². The number of hydrogen-bond acceptors (Lipinski definition) is 1. The first-order valence-corrected chi connectivity index (χ1v) is 8.25. The van der Waals surface area contributed by atoms with E-state index in [0.717, 1.165) is 17.5 Å². The molecule has 2 rings (SSSR count). The maximum atomic E-state index is 12.1. The van der Waals surface area contributed by atoms with Gasteiger partial charge >= 0.3 is 0 Å². The van der Waals surface area contributed by atoms with Crippen molar-refractivity contribution in [1.82, 2.24) is 5.32 Å². The summed E-state index contributed by atoms with van der Waals surface area (Å²) < 4.78 is 0. The fourth-order valence-corrected chi connectivity index (χ4v) is 2.71. The molecule has 2 aromatic rings. The van der Waals surface area contributed by atoms with Crippen LogP contribution in [0.3, 0.4) is 0 Å². The van der Waals surface area contributed by atoms with Gasteiger partial charge < -0.3 is 5.32 Å². The molecule has 0 heterocycles. The van der Waals surface area contributed by atoms with Crippen LogP contribution in [0.15, 0.2) is 48.5 Å². The van der Waals surface area contributed by atoms with Gasteiger partial charge in [0.2, 0.25) is 5.91 Å². The highest BCUT2D eigenvalue weighted by molar-refractivity contribution is 6.35. The molecule has 120 valence electrons. The zero-order valence-corrected chi connectivity index (χ0v) is 14.7. The summed E-state index contributed by atoms with van der Waals surface area (Å²) in [5, 5.41) is 4.10. The molecule has 2 nitrogen and oxygen atoms in total. The predicted molar refractivity (Wildman–Crippen MR) is 97.8 cm³/mol. The summed E-state index contributed by atoms with van der Waals surface area (Å²) in [6.45, 7) is 4.09. The second-order valence-electron chi connectivity index (χ2n) is 5.38. The summed E-state index contributed by atoms with van der Waals surface area (Å²) in [5.41, 5.74) is 3.06. The van der Waals surface area contributed by atoms with Crippen molar-refractivity contribution >= 4 is 35.2 Å². The first-order valence-electron chi connectivity index (χ1n) is 7.49. The van der Waals surface area contributed by atoms with Crippen LogP contribution in [-0.4, -0.2) is 5.91 Å². The smallest absolute Gasteiger partial charge is 0.244 e. The Morgan fingerprint density at radius 1 is 1.17 bits per heavy atom. The summed E-state index contributed by atoms with van der Waals surface area (Å²) in [7, 11) is 0. The van der Waals surface area contributed by atoms with E-state index >= 15 is 0 Å². The quantitative estimate of drug-likeness (QED) is 0.702. The molecule has 0 radical (unpaired) electrons. The van der Waals surface area contributed by atoms with Crippen LogP contribution < -0.4 is 5.32 Å². The molecular formula is C19H19Cl2NO. The average molecular weight is 348 g/mol. The second-order valence-corrected chi connectivity index (χ2v) is 6.22. The Bertz CT molecular complexity index is 708. The molecule has 1 atom stereocenters. The molecule has 0 spiro atoms. The van der Waals surface area contributed by atoms with E-state index in [2.05, 4.69) is 5.32 Å². The Morgan fingerprint density at radius 3 is 2.48 bits per heavy atom. The number of aryl methyl sites for hydroxylation is 1. The minimum Gasteiger partial charge on any atom is -0.346 e. The fraction of sp³-hybridized carbons (Fsp3) is 0.211. The topological polar surface area (TPSA) is 29.1 Å². The second kappa shape index (κ2) is 8.19. The Morgan fingerprint density at radius 2 is 1.87 bits per heavy atom. The van der Waals surface area contributed by atoms with Crippen molar-refractivity contribution in [3.8, 4) is 0 Å². The molecule has 0 saturated heterocycles. The van der Waals surface area contributed by atoms with Gasteiger partial charge in [0.1, 0.15) is 0 Å². The number of benzene rings is 2. The van der Waals surface area contributed by atoms with Gasteiger partial charge in [-0.3, -0.25) is 4.79 Å². The molecule has 0 aromatic heterocycles. The van der Waals surface area contributed by atoms with Crippen molar-refractivity contribution in [2.24, 2.45) is 0 Å². The lowest BCUT2D eigenvalue weighted by Gasteiger charge is -2.16. The molecule has 0 aliphatic carbocycles. The van der Waals surface area contributed by atoms with E-state index < -0.39 is 0 Å². The number of rotatable bonds is 5. The zero-order chi connectivity index (χ0) is 16.8. The van der Waals surface area contributed by atoms with Crippen molar-refractivity contribution in [3.05, 3.63) is 75.3 Å². The van der Waals surface area contributed by atoms with Gasteiger partial charge in [-0.2, -0.15) is 0 Å². The SMILES string of the molecule is CC[C@H](NC(=O)/C=C/c1ccc(Cl)cc1Cl)c1ccc(C)cc1.